The minimum atomic E-state index is 0.418. The summed E-state index contributed by atoms with van der Waals surface area (Å²) < 4.78 is 1.81. The van der Waals surface area contributed by atoms with Crippen LogP contribution in [-0.2, 0) is 6.54 Å². The molecule has 3 aromatic heterocycles. The molecule has 1 aliphatic heterocycles. The average molecular weight is 444 g/mol. The van der Waals surface area contributed by atoms with Crippen LogP contribution in [0.1, 0.15) is 24.2 Å². The van der Waals surface area contributed by atoms with Gasteiger partial charge in [-0.3, -0.25) is 0 Å². The first-order chi connectivity index (χ1) is 15.7. The van der Waals surface area contributed by atoms with Gasteiger partial charge in [0.2, 0.25) is 0 Å². The quantitative estimate of drug-likeness (QED) is 0.468. The number of halogens is 1. The third kappa shape index (κ3) is 4.28. The second-order valence-electron chi connectivity index (χ2n) is 7.89. The van der Waals surface area contributed by atoms with E-state index in [9.17, 15) is 5.26 Å². The fraction of sp³-hybridized carbons (Fsp3) is 0.250. The summed E-state index contributed by atoms with van der Waals surface area (Å²) in [6, 6.07) is 18.1. The molecule has 0 amide bonds. The van der Waals surface area contributed by atoms with Gasteiger partial charge in [0.1, 0.15) is 5.15 Å². The van der Waals surface area contributed by atoms with Crippen LogP contribution in [0.3, 0.4) is 0 Å². The van der Waals surface area contributed by atoms with Crippen LogP contribution in [-0.4, -0.2) is 38.7 Å². The predicted molar refractivity (Wildman–Crippen MR) is 124 cm³/mol. The number of piperidine rings is 1. The largest absolute Gasteiger partial charge is 0.371 e. The molecule has 32 heavy (non-hydrogen) atoms. The Kier molecular flexibility index (Phi) is 5.71. The van der Waals surface area contributed by atoms with Crippen molar-refractivity contribution in [3.8, 4) is 17.2 Å². The first-order valence-electron chi connectivity index (χ1n) is 10.6. The van der Waals surface area contributed by atoms with E-state index in [4.69, 9.17) is 16.6 Å². The van der Waals surface area contributed by atoms with Gasteiger partial charge in [-0.05, 0) is 54.8 Å². The molecular weight excluding hydrogens is 422 g/mol. The molecule has 0 bridgehead atoms. The van der Waals surface area contributed by atoms with Gasteiger partial charge >= 0.3 is 0 Å². The van der Waals surface area contributed by atoms with E-state index < -0.39 is 0 Å². The molecule has 1 saturated heterocycles. The zero-order valence-electron chi connectivity index (χ0n) is 17.4. The Labute approximate surface area is 191 Å². The van der Waals surface area contributed by atoms with Crippen molar-refractivity contribution in [3.05, 3.63) is 77.5 Å². The second-order valence-corrected chi connectivity index (χ2v) is 8.28. The molecule has 1 aliphatic rings. The van der Waals surface area contributed by atoms with Gasteiger partial charge < -0.3 is 10.2 Å². The van der Waals surface area contributed by atoms with E-state index in [0.717, 1.165) is 54.2 Å². The maximum atomic E-state index is 9.21. The summed E-state index contributed by atoms with van der Waals surface area (Å²) in [6.07, 6.45) is 5.74. The second kappa shape index (κ2) is 8.95. The lowest BCUT2D eigenvalue weighted by molar-refractivity contribution is 0.410. The number of nitrogens with zero attached hydrogens (tertiary/aromatic N) is 6. The normalized spacial score (nSPS) is 14.6. The Morgan fingerprint density at radius 2 is 2.00 bits per heavy atom. The van der Waals surface area contributed by atoms with E-state index in [1.165, 1.54) is 0 Å². The molecule has 1 fully saturated rings. The molecule has 8 heteroatoms. The van der Waals surface area contributed by atoms with Gasteiger partial charge in [0, 0.05) is 42.8 Å². The van der Waals surface area contributed by atoms with Gasteiger partial charge in [0.15, 0.2) is 11.5 Å². The van der Waals surface area contributed by atoms with Crippen LogP contribution in [0, 0.1) is 11.3 Å². The van der Waals surface area contributed by atoms with E-state index in [1.807, 2.05) is 48.7 Å². The van der Waals surface area contributed by atoms with Crippen LogP contribution in [0.25, 0.3) is 16.8 Å². The Bertz CT molecular complexity index is 1280. The number of benzene rings is 1. The number of pyridine rings is 2. The van der Waals surface area contributed by atoms with Crippen molar-refractivity contribution in [1.29, 1.82) is 5.26 Å². The smallest absolute Gasteiger partial charge is 0.165 e. The number of nitrogens with one attached hydrogen (secondary N) is 1. The summed E-state index contributed by atoms with van der Waals surface area (Å²) in [4.78, 5) is 11.2. The lowest BCUT2D eigenvalue weighted by Crippen LogP contribution is -2.42. The molecule has 0 unspecified atom stereocenters. The van der Waals surface area contributed by atoms with Crippen molar-refractivity contribution in [2.45, 2.75) is 25.4 Å². The Balaban J connectivity index is 1.25. The third-order valence-corrected chi connectivity index (χ3v) is 6.03. The zero-order chi connectivity index (χ0) is 21.9. The molecule has 4 aromatic rings. The van der Waals surface area contributed by atoms with Crippen molar-refractivity contribution in [1.82, 2.24) is 24.9 Å². The molecule has 0 spiro atoms. The molecule has 0 saturated carbocycles. The number of fused-ring (bicyclic) bond motifs is 1. The van der Waals surface area contributed by atoms with E-state index in [-0.39, 0.29) is 0 Å². The first kappa shape index (κ1) is 20.4. The molecule has 5 rings (SSSR count). The van der Waals surface area contributed by atoms with Crippen LogP contribution >= 0.6 is 11.6 Å². The number of anilines is 1. The predicted octanol–water partition coefficient (Wildman–Crippen LogP) is 4.07. The maximum Gasteiger partial charge on any atom is 0.165 e. The lowest BCUT2D eigenvalue weighted by atomic mass is 10.0. The van der Waals surface area contributed by atoms with Crippen LogP contribution < -0.4 is 10.2 Å². The SMILES string of the molecule is N#Cc1cccc(-c2cccn3nc(CNC4CCN(c5ccnc(Cl)c5)CC4)nc23)c1. The molecule has 4 heterocycles. The maximum absolute atomic E-state index is 9.21. The molecule has 1 N–H and O–H groups in total. The minimum absolute atomic E-state index is 0.418. The minimum Gasteiger partial charge on any atom is -0.371 e. The van der Waals surface area contributed by atoms with Gasteiger partial charge in [-0.1, -0.05) is 23.7 Å². The summed E-state index contributed by atoms with van der Waals surface area (Å²) in [6.45, 7) is 2.55. The highest BCUT2D eigenvalue weighted by Crippen LogP contribution is 2.25. The molecule has 1 aromatic carbocycles. The van der Waals surface area contributed by atoms with Gasteiger partial charge in [0.05, 0.1) is 18.2 Å². The molecule has 0 radical (unpaired) electrons. The van der Waals surface area contributed by atoms with E-state index in [1.54, 1.807) is 16.8 Å². The molecule has 7 nitrogen and oxygen atoms in total. The van der Waals surface area contributed by atoms with Crippen molar-refractivity contribution < 1.29 is 0 Å². The van der Waals surface area contributed by atoms with E-state index in [2.05, 4.69) is 26.4 Å². The summed E-state index contributed by atoms with van der Waals surface area (Å²) in [7, 11) is 0. The van der Waals surface area contributed by atoms with Crippen molar-refractivity contribution in [3.63, 3.8) is 0 Å². The third-order valence-electron chi connectivity index (χ3n) is 5.83. The first-order valence-corrected chi connectivity index (χ1v) is 11.0. The van der Waals surface area contributed by atoms with Gasteiger partial charge in [-0.15, -0.1) is 5.10 Å². The highest BCUT2D eigenvalue weighted by Gasteiger charge is 2.20. The summed E-state index contributed by atoms with van der Waals surface area (Å²) in [5.74, 6) is 0.761. The Hall–Kier alpha value is -3.47. The topological polar surface area (TPSA) is 82.1 Å². The van der Waals surface area contributed by atoms with Crippen LogP contribution in [0.5, 0.6) is 0 Å². The molecule has 0 atom stereocenters. The van der Waals surface area contributed by atoms with Crippen LogP contribution in [0.4, 0.5) is 5.69 Å². The average Bonchev–Trinajstić information content (AvgIpc) is 3.26. The van der Waals surface area contributed by atoms with Crippen molar-refractivity contribution >= 4 is 22.9 Å². The summed E-state index contributed by atoms with van der Waals surface area (Å²) >= 11 is 6.03. The van der Waals surface area contributed by atoms with Gasteiger partial charge in [-0.2, -0.15) is 5.26 Å². The van der Waals surface area contributed by atoms with Crippen LogP contribution in [0.2, 0.25) is 5.15 Å². The lowest BCUT2D eigenvalue weighted by Gasteiger charge is -2.33. The Morgan fingerprint density at radius 3 is 2.81 bits per heavy atom. The molecule has 160 valence electrons. The number of nitriles is 1. The van der Waals surface area contributed by atoms with Crippen molar-refractivity contribution in [2.75, 3.05) is 18.0 Å². The summed E-state index contributed by atoms with van der Waals surface area (Å²) in [5, 5.41) is 18.0. The zero-order valence-corrected chi connectivity index (χ0v) is 18.2. The number of hydrogen-bond donors (Lipinski definition) is 1. The monoisotopic (exact) mass is 443 g/mol. The number of hydrogen-bond acceptors (Lipinski definition) is 6. The fourth-order valence-corrected chi connectivity index (χ4v) is 4.34. The highest BCUT2D eigenvalue weighted by atomic mass is 35.5. The highest BCUT2D eigenvalue weighted by molar-refractivity contribution is 6.29. The number of rotatable bonds is 5. The Morgan fingerprint density at radius 1 is 1.12 bits per heavy atom. The van der Waals surface area contributed by atoms with E-state index >= 15 is 0 Å². The molecular formula is C24H22ClN7. The van der Waals surface area contributed by atoms with Gasteiger partial charge in [0.25, 0.3) is 0 Å². The number of aromatic nitrogens is 4. The summed E-state index contributed by atoms with van der Waals surface area (Å²) in [5.41, 5.74) is 4.48. The standard InChI is InChI=1S/C24H22ClN7/c25-22-14-20(6-9-27-22)31-11-7-19(8-12-31)28-16-23-29-24-21(5-2-10-32(24)30-23)18-4-1-3-17(13-18)15-26/h1-6,9-10,13-14,19,28H,7-8,11-12,16H2. The fourth-order valence-electron chi connectivity index (χ4n) is 4.17. The van der Waals surface area contributed by atoms with E-state index in [0.29, 0.717) is 23.3 Å². The van der Waals surface area contributed by atoms with Gasteiger partial charge in [-0.25, -0.2) is 14.5 Å². The van der Waals surface area contributed by atoms with Crippen LogP contribution in [0.15, 0.2) is 60.9 Å². The van der Waals surface area contributed by atoms with Crippen molar-refractivity contribution in [2.24, 2.45) is 0 Å². The molecule has 0 aliphatic carbocycles.